The van der Waals surface area contributed by atoms with Crippen LogP contribution in [-0.4, -0.2) is 20.4 Å². The van der Waals surface area contributed by atoms with E-state index in [1.165, 1.54) is 76.5 Å². The molecule has 2 aliphatic heterocycles. The van der Waals surface area contributed by atoms with Crippen LogP contribution in [0.2, 0.25) is 0 Å². The molecule has 0 bridgehead atoms. The van der Waals surface area contributed by atoms with Gasteiger partial charge in [-0.1, -0.05) is 322 Å². The van der Waals surface area contributed by atoms with Crippen molar-refractivity contribution in [2.24, 2.45) is 0 Å². The second-order valence-electron chi connectivity index (χ2n) is 41.3. The normalized spacial score (nSPS) is 13.2. The van der Waals surface area contributed by atoms with Gasteiger partial charge >= 0.3 is 0 Å². The monoisotopic (exact) mass is 1670 g/mol. The Morgan fingerprint density at radius 2 is 0.643 bits per heavy atom. The van der Waals surface area contributed by atoms with Gasteiger partial charge in [0.25, 0.3) is 6.71 Å². The van der Waals surface area contributed by atoms with Gasteiger partial charge in [0.15, 0.2) is 0 Å². The average Bonchev–Trinajstić information content (AvgIpc) is 0.827. The van der Waals surface area contributed by atoms with Crippen molar-refractivity contribution in [1.82, 2.24) is 13.7 Å². The molecule has 0 atom stereocenters. The molecule has 4 aromatic heterocycles. The quantitative estimate of drug-likeness (QED) is 0.128. The summed E-state index contributed by atoms with van der Waals surface area (Å²) in [4.78, 5) is 5.46. The van der Waals surface area contributed by atoms with Gasteiger partial charge in [-0.05, 0) is 255 Å². The molecular weight excluding hydrogens is 1560 g/mol. The van der Waals surface area contributed by atoms with Crippen molar-refractivity contribution in [2.75, 3.05) is 9.80 Å². The Hall–Kier alpha value is -14.4. The molecule has 6 heterocycles. The van der Waals surface area contributed by atoms with E-state index in [9.17, 15) is 0 Å². The van der Waals surface area contributed by atoms with Crippen molar-refractivity contribution in [3.63, 3.8) is 0 Å². The molecule has 0 saturated heterocycles. The molecule has 0 fully saturated rings. The second-order valence-corrected chi connectivity index (χ2v) is 41.3. The molecule has 21 aromatic rings. The molecule has 129 heavy (non-hydrogen) atoms. The SMILES string of the molecule is CC(C)(C)c1ccc2c(c1)c1cc(C(C)(C)C)ccc1n2-c1ccc2c(c1)N(c1cc(-c3ccccc3)cc(-c3ccccc3)c1)c1cc(-c3c(-c4ccc5c(c4)oc4ccccc45)cccc3-n3c4ccc(C(C)(C)C)cc4c4cc(C(C)(C)C)ccc43)cc3c1B2c1ccc(-n2c4ccccc4c4ccccc42)cc1N3c1c(-c2ccccc2)cccc1C(C)(C)C. The number of hydrogen-bond donors (Lipinski definition) is 0. The highest BCUT2D eigenvalue weighted by Crippen LogP contribution is 2.56. The molecule has 0 saturated carbocycles. The lowest BCUT2D eigenvalue weighted by atomic mass is 9.33. The van der Waals surface area contributed by atoms with Crippen LogP contribution in [0.1, 0.15) is 132 Å². The average molecular weight is 1670 g/mol. The minimum absolute atomic E-state index is 0.0955. The molecule has 2 aliphatic rings. The standard InChI is InChI=1S/C122H104BN5O/c1-118(2,3)82-50-59-104-95(69-82)96-70-83(119(4,5)6)51-60-105(96)125(104)86-54-57-100-109(73-86)126(88-64-79(75-33-19-16-20-34-75)63-80(65-88)76-35-21-17-22-36-76)111-66-81(115-89(78-49-56-94-93-41-27-30-48-113(93)129-114(94)68-78)42-32-47-108(115)127-106-61-52-84(120(7,8)9)71-97(106)98-72-85(121(10,11)12)53-62-107(98)127)67-112-116(111)123(100)101-58-55-87(124-102-45-28-25-39-91(102)92-40-26-29-46-103(92)124)74-110(101)128(112)117-90(77-37-23-18-24-38-77)43-31-44-99(117)122(13,14)15/h16-74H,1-15H3. The summed E-state index contributed by atoms with van der Waals surface area (Å²) in [6.45, 7) is 35.0. The topological polar surface area (TPSA) is 34.4 Å². The first-order valence-corrected chi connectivity index (χ1v) is 45.9. The van der Waals surface area contributed by atoms with Crippen LogP contribution >= 0.6 is 0 Å². The van der Waals surface area contributed by atoms with E-state index >= 15 is 0 Å². The molecule has 6 nitrogen and oxygen atoms in total. The smallest absolute Gasteiger partial charge is 0.252 e. The predicted octanol–water partition coefficient (Wildman–Crippen LogP) is 31.8. The summed E-state index contributed by atoms with van der Waals surface area (Å²) in [5, 5.41) is 9.53. The zero-order valence-corrected chi connectivity index (χ0v) is 76.3. The van der Waals surface area contributed by atoms with Gasteiger partial charge in [0.2, 0.25) is 0 Å². The van der Waals surface area contributed by atoms with E-state index in [0.717, 1.165) is 162 Å². The van der Waals surface area contributed by atoms with Crippen LogP contribution in [0.25, 0.3) is 160 Å². The van der Waals surface area contributed by atoms with Crippen LogP contribution in [0.5, 0.6) is 0 Å². The van der Waals surface area contributed by atoms with E-state index in [4.69, 9.17) is 4.42 Å². The molecule has 17 aromatic carbocycles. The van der Waals surface area contributed by atoms with E-state index < -0.39 is 0 Å². The van der Waals surface area contributed by atoms with Crippen LogP contribution in [0.3, 0.4) is 0 Å². The molecule has 0 aliphatic carbocycles. The van der Waals surface area contributed by atoms with Crippen LogP contribution < -0.4 is 26.2 Å². The lowest BCUT2D eigenvalue weighted by Gasteiger charge is -2.46. The van der Waals surface area contributed by atoms with Gasteiger partial charge in [-0.2, -0.15) is 0 Å². The molecule has 0 radical (unpaired) electrons. The molecule has 0 N–H and O–H groups in total. The van der Waals surface area contributed by atoms with E-state index in [-0.39, 0.29) is 33.8 Å². The first-order chi connectivity index (χ1) is 62.1. The van der Waals surface area contributed by atoms with Gasteiger partial charge in [0, 0.05) is 94.0 Å². The van der Waals surface area contributed by atoms with E-state index in [1.807, 2.05) is 0 Å². The summed E-state index contributed by atoms with van der Waals surface area (Å²) in [7, 11) is 0. The summed E-state index contributed by atoms with van der Waals surface area (Å²) in [5.74, 6) is 0. The molecule has 0 unspecified atom stereocenters. The van der Waals surface area contributed by atoms with Gasteiger partial charge in [-0.3, -0.25) is 0 Å². The Bertz CT molecular complexity index is 7950. The Labute approximate surface area is 756 Å². The Morgan fingerprint density at radius 3 is 1.14 bits per heavy atom. The first kappa shape index (κ1) is 79.3. The number of benzene rings is 17. The highest BCUT2D eigenvalue weighted by molar-refractivity contribution is 7.00. The molecule has 23 rings (SSSR count). The number of furan rings is 1. The van der Waals surface area contributed by atoms with Crippen molar-refractivity contribution < 1.29 is 4.42 Å². The molecule has 7 heteroatoms. The predicted molar refractivity (Wildman–Crippen MR) is 551 cm³/mol. The summed E-state index contributed by atoms with van der Waals surface area (Å²) in [6.07, 6.45) is 0. The van der Waals surface area contributed by atoms with Crippen molar-refractivity contribution in [1.29, 1.82) is 0 Å². The number of hydrogen-bond acceptors (Lipinski definition) is 3. The second kappa shape index (κ2) is 29.1. The van der Waals surface area contributed by atoms with Crippen LogP contribution in [0, 0.1) is 0 Å². The lowest BCUT2D eigenvalue weighted by Crippen LogP contribution is -2.61. The fourth-order valence-electron chi connectivity index (χ4n) is 21.3. The maximum atomic E-state index is 7.03. The number of anilines is 6. The zero-order valence-electron chi connectivity index (χ0n) is 76.3. The van der Waals surface area contributed by atoms with Crippen LogP contribution in [0.15, 0.2) is 362 Å². The minimum atomic E-state index is -0.388. The number of rotatable bonds is 10. The van der Waals surface area contributed by atoms with E-state index in [0.29, 0.717) is 0 Å². The maximum absolute atomic E-state index is 7.03. The van der Waals surface area contributed by atoms with E-state index in [1.54, 1.807) is 0 Å². The number of aromatic nitrogens is 3. The molecule has 0 spiro atoms. The summed E-state index contributed by atoms with van der Waals surface area (Å²) in [5.41, 5.74) is 38.5. The third kappa shape index (κ3) is 12.9. The third-order valence-electron chi connectivity index (χ3n) is 27.9. The highest BCUT2D eigenvalue weighted by Gasteiger charge is 2.46. The van der Waals surface area contributed by atoms with Crippen LogP contribution in [0.4, 0.5) is 34.1 Å². The lowest BCUT2D eigenvalue weighted by molar-refractivity contribution is 0.590. The van der Waals surface area contributed by atoms with E-state index in [2.05, 4.69) is 485 Å². The highest BCUT2D eigenvalue weighted by atomic mass is 16.3. The zero-order chi connectivity index (χ0) is 88.2. The van der Waals surface area contributed by atoms with Gasteiger partial charge in [0.05, 0.1) is 44.5 Å². The Balaban J connectivity index is 0.920. The maximum Gasteiger partial charge on any atom is 0.252 e. The Morgan fingerprint density at radius 1 is 0.225 bits per heavy atom. The summed E-state index contributed by atoms with van der Waals surface area (Å²) >= 11 is 0. The fraction of sp³-hybridized carbons (Fsp3) is 0.164. The van der Waals surface area contributed by atoms with Crippen LogP contribution in [-0.2, 0) is 27.1 Å². The van der Waals surface area contributed by atoms with Crippen molar-refractivity contribution in [3.05, 3.63) is 386 Å². The van der Waals surface area contributed by atoms with Crippen molar-refractivity contribution >= 4 is 145 Å². The number of nitrogens with zero attached hydrogens (tertiary/aromatic N) is 5. The van der Waals surface area contributed by atoms with Crippen molar-refractivity contribution in [2.45, 2.75) is 131 Å². The molecule has 0 amide bonds. The first-order valence-electron chi connectivity index (χ1n) is 45.9. The minimum Gasteiger partial charge on any atom is -0.456 e. The van der Waals surface area contributed by atoms with Gasteiger partial charge in [0.1, 0.15) is 11.2 Å². The largest absolute Gasteiger partial charge is 0.456 e. The van der Waals surface area contributed by atoms with Gasteiger partial charge in [-0.15, -0.1) is 0 Å². The Kier molecular flexibility index (Phi) is 17.9. The summed E-state index contributed by atoms with van der Waals surface area (Å²) in [6, 6.07) is 138. The summed E-state index contributed by atoms with van der Waals surface area (Å²) < 4.78 is 14.7. The fourth-order valence-corrected chi connectivity index (χ4v) is 21.3. The molecule has 626 valence electrons. The van der Waals surface area contributed by atoms with Gasteiger partial charge < -0.3 is 27.9 Å². The van der Waals surface area contributed by atoms with Gasteiger partial charge in [-0.25, -0.2) is 0 Å². The van der Waals surface area contributed by atoms with Crippen molar-refractivity contribution in [3.8, 4) is 72.7 Å². The third-order valence-corrected chi connectivity index (χ3v) is 27.9. The number of fused-ring (bicyclic) bond motifs is 16. The molecular formula is C122H104BN5O. The number of para-hydroxylation sites is 4.